The Bertz CT molecular complexity index is 816. The van der Waals surface area contributed by atoms with Crippen LogP contribution in [-0.4, -0.2) is 16.1 Å². The maximum atomic E-state index is 11.2. The summed E-state index contributed by atoms with van der Waals surface area (Å²) in [5, 5.41) is 15.1. The van der Waals surface area contributed by atoms with Gasteiger partial charge < -0.3 is 10.4 Å². The molecular weight excluding hydrogens is 352 g/mol. The van der Waals surface area contributed by atoms with Gasteiger partial charge in [-0.3, -0.25) is 0 Å². The van der Waals surface area contributed by atoms with Crippen LogP contribution in [0, 0.1) is 0 Å². The van der Waals surface area contributed by atoms with Crippen LogP contribution < -0.4 is 5.32 Å². The molecule has 3 rings (SSSR count). The van der Waals surface area contributed by atoms with Gasteiger partial charge in [0.25, 0.3) is 0 Å². The molecule has 0 saturated carbocycles. The summed E-state index contributed by atoms with van der Waals surface area (Å²) in [7, 11) is 0. The van der Waals surface area contributed by atoms with E-state index in [1.165, 1.54) is 4.88 Å². The van der Waals surface area contributed by atoms with Gasteiger partial charge in [0, 0.05) is 14.7 Å². The highest BCUT2D eigenvalue weighted by molar-refractivity contribution is 9.10. The topological polar surface area (TPSA) is 62.2 Å². The van der Waals surface area contributed by atoms with Crippen LogP contribution in [0.25, 0.3) is 10.9 Å². The van der Waals surface area contributed by atoms with Gasteiger partial charge in [0.1, 0.15) is 5.82 Å². The number of pyridine rings is 1. The fourth-order valence-corrected chi connectivity index (χ4v) is 3.49. The van der Waals surface area contributed by atoms with Crippen molar-refractivity contribution in [3.8, 4) is 0 Å². The molecule has 0 bridgehead atoms. The SMILES string of the molecule is O=C(O)c1cccc2nc(NCc3sccc3Br)ccc12. The van der Waals surface area contributed by atoms with Gasteiger partial charge in [-0.1, -0.05) is 6.07 Å². The molecule has 0 fully saturated rings. The van der Waals surface area contributed by atoms with E-state index in [1.54, 1.807) is 35.6 Å². The number of benzene rings is 1. The number of rotatable bonds is 4. The van der Waals surface area contributed by atoms with Gasteiger partial charge in [-0.15, -0.1) is 11.3 Å². The summed E-state index contributed by atoms with van der Waals surface area (Å²) >= 11 is 5.15. The summed E-state index contributed by atoms with van der Waals surface area (Å²) in [6, 6.07) is 10.7. The molecule has 21 heavy (non-hydrogen) atoms. The number of aromatic nitrogens is 1. The molecule has 0 unspecified atom stereocenters. The maximum Gasteiger partial charge on any atom is 0.336 e. The third-order valence-corrected chi connectivity index (χ3v) is 5.01. The Morgan fingerprint density at radius 1 is 1.29 bits per heavy atom. The minimum absolute atomic E-state index is 0.271. The third kappa shape index (κ3) is 2.91. The van der Waals surface area contributed by atoms with Crippen LogP contribution in [-0.2, 0) is 6.54 Å². The van der Waals surface area contributed by atoms with Crippen LogP contribution >= 0.6 is 27.3 Å². The zero-order valence-electron chi connectivity index (χ0n) is 10.8. The molecule has 0 aliphatic carbocycles. The molecule has 0 saturated heterocycles. The molecule has 0 aliphatic heterocycles. The highest BCUT2D eigenvalue weighted by Crippen LogP contribution is 2.24. The minimum Gasteiger partial charge on any atom is -0.478 e. The number of fused-ring (bicyclic) bond motifs is 1. The Morgan fingerprint density at radius 2 is 2.14 bits per heavy atom. The van der Waals surface area contributed by atoms with Crippen molar-refractivity contribution in [3.63, 3.8) is 0 Å². The predicted molar refractivity (Wildman–Crippen MR) is 88.0 cm³/mol. The Labute approximate surface area is 133 Å². The second kappa shape index (κ2) is 5.83. The van der Waals surface area contributed by atoms with E-state index < -0.39 is 5.97 Å². The average Bonchev–Trinajstić information content (AvgIpc) is 2.89. The fraction of sp³-hybridized carbons (Fsp3) is 0.0667. The second-order valence-electron chi connectivity index (χ2n) is 4.42. The van der Waals surface area contributed by atoms with Gasteiger partial charge in [0.05, 0.1) is 17.6 Å². The van der Waals surface area contributed by atoms with E-state index in [-0.39, 0.29) is 5.56 Å². The molecule has 2 heterocycles. The molecule has 0 spiro atoms. The number of hydrogen-bond acceptors (Lipinski definition) is 4. The first-order valence-electron chi connectivity index (χ1n) is 6.24. The highest BCUT2D eigenvalue weighted by Gasteiger charge is 2.09. The summed E-state index contributed by atoms with van der Waals surface area (Å²) in [5.74, 6) is -0.212. The number of anilines is 1. The van der Waals surface area contributed by atoms with Crippen LogP contribution in [0.15, 0.2) is 46.3 Å². The molecule has 2 aromatic heterocycles. The van der Waals surface area contributed by atoms with Crippen molar-refractivity contribution in [2.24, 2.45) is 0 Å². The average molecular weight is 363 g/mol. The van der Waals surface area contributed by atoms with Crippen LogP contribution in [0.5, 0.6) is 0 Å². The summed E-state index contributed by atoms with van der Waals surface area (Å²) < 4.78 is 1.08. The molecule has 1 aromatic carbocycles. The number of nitrogens with one attached hydrogen (secondary N) is 1. The van der Waals surface area contributed by atoms with Crippen LogP contribution in [0.3, 0.4) is 0 Å². The Balaban J connectivity index is 1.88. The van der Waals surface area contributed by atoms with Gasteiger partial charge in [0.15, 0.2) is 0 Å². The summed E-state index contributed by atoms with van der Waals surface area (Å²) in [6.07, 6.45) is 0. The quantitative estimate of drug-likeness (QED) is 0.723. The van der Waals surface area contributed by atoms with E-state index in [2.05, 4.69) is 26.2 Å². The lowest BCUT2D eigenvalue weighted by Crippen LogP contribution is -2.02. The fourth-order valence-electron chi connectivity index (χ4n) is 2.06. The number of carboxylic acid groups (broad SMARTS) is 1. The smallest absolute Gasteiger partial charge is 0.336 e. The highest BCUT2D eigenvalue weighted by atomic mass is 79.9. The van der Waals surface area contributed by atoms with Crippen molar-refractivity contribution in [2.45, 2.75) is 6.54 Å². The van der Waals surface area contributed by atoms with Gasteiger partial charge in [0.2, 0.25) is 0 Å². The normalized spacial score (nSPS) is 10.7. The van der Waals surface area contributed by atoms with E-state index in [0.29, 0.717) is 17.4 Å². The molecule has 3 aromatic rings. The Hall–Kier alpha value is -1.92. The lowest BCUT2D eigenvalue weighted by molar-refractivity contribution is 0.0699. The second-order valence-corrected chi connectivity index (χ2v) is 6.27. The molecule has 0 radical (unpaired) electrons. The zero-order chi connectivity index (χ0) is 14.8. The van der Waals surface area contributed by atoms with Gasteiger partial charge in [-0.05, 0) is 51.6 Å². The Morgan fingerprint density at radius 3 is 2.86 bits per heavy atom. The van der Waals surface area contributed by atoms with Crippen molar-refractivity contribution in [3.05, 3.63) is 56.7 Å². The Kier molecular flexibility index (Phi) is 3.90. The van der Waals surface area contributed by atoms with Crippen molar-refractivity contribution < 1.29 is 9.90 Å². The van der Waals surface area contributed by atoms with Gasteiger partial charge in [-0.2, -0.15) is 0 Å². The summed E-state index contributed by atoms with van der Waals surface area (Å²) in [5.41, 5.74) is 0.942. The molecule has 0 aliphatic rings. The van der Waals surface area contributed by atoms with E-state index in [1.807, 2.05) is 17.5 Å². The zero-order valence-corrected chi connectivity index (χ0v) is 13.2. The molecular formula is C15H11BrN2O2S. The predicted octanol–water partition coefficient (Wildman–Crippen LogP) is 4.37. The summed E-state index contributed by atoms with van der Waals surface area (Å²) in [6.45, 7) is 0.676. The molecule has 6 heteroatoms. The van der Waals surface area contributed by atoms with E-state index >= 15 is 0 Å². The van der Waals surface area contributed by atoms with E-state index in [4.69, 9.17) is 5.11 Å². The number of halogens is 1. The van der Waals surface area contributed by atoms with E-state index in [0.717, 1.165) is 10.3 Å². The molecule has 0 atom stereocenters. The van der Waals surface area contributed by atoms with Crippen LogP contribution in [0.4, 0.5) is 5.82 Å². The van der Waals surface area contributed by atoms with E-state index in [9.17, 15) is 4.79 Å². The third-order valence-electron chi connectivity index (χ3n) is 3.08. The molecule has 0 amide bonds. The largest absolute Gasteiger partial charge is 0.478 e. The van der Waals surface area contributed by atoms with Crippen molar-refractivity contribution in [1.82, 2.24) is 4.98 Å². The number of thiophene rings is 1. The number of aromatic carboxylic acids is 1. The lowest BCUT2D eigenvalue weighted by atomic mass is 10.1. The first-order chi connectivity index (χ1) is 10.1. The number of nitrogens with zero attached hydrogens (tertiary/aromatic N) is 1. The first kappa shape index (κ1) is 14.0. The minimum atomic E-state index is -0.939. The van der Waals surface area contributed by atoms with Crippen molar-refractivity contribution >= 4 is 50.0 Å². The lowest BCUT2D eigenvalue weighted by Gasteiger charge is -2.07. The van der Waals surface area contributed by atoms with Crippen molar-refractivity contribution in [2.75, 3.05) is 5.32 Å². The summed E-state index contributed by atoms with van der Waals surface area (Å²) in [4.78, 5) is 16.8. The number of carboxylic acids is 1. The monoisotopic (exact) mass is 362 g/mol. The van der Waals surface area contributed by atoms with Gasteiger partial charge >= 0.3 is 5.97 Å². The van der Waals surface area contributed by atoms with Crippen LogP contribution in [0.1, 0.15) is 15.2 Å². The standard InChI is InChI=1S/C15H11BrN2O2S/c16-11-6-7-21-13(11)8-17-14-5-4-9-10(15(19)20)2-1-3-12(9)18-14/h1-7H,8H2,(H,17,18)(H,19,20). The van der Waals surface area contributed by atoms with Gasteiger partial charge in [-0.25, -0.2) is 9.78 Å². The number of hydrogen-bond donors (Lipinski definition) is 2. The molecule has 2 N–H and O–H groups in total. The maximum absolute atomic E-state index is 11.2. The first-order valence-corrected chi connectivity index (χ1v) is 7.91. The van der Waals surface area contributed by atoms with Crippen molar-refractivity contribution in [1.29, 1.82) is 0 Å². The number of carbonyl (C=O) groups is 1. The molecule has 4 nitrogen and oxygen atoms in total. The van der Waals surface area contributed by atoms with Crippen LogP contribution in [0.2, 0.25) is 0 Å². The molecule has 106 valence electrons.